The van der Waals surface area contributed by atoms with Gasteiger partial charge in [-0.05, 0) is 32.5 Å². The Kier molecular flexibility index (Phi) is 3.53. The van der Waals surface area contributed by atoms with Crippen LogP contribution in [0, 0.1) is 0 Å². The van der Waals surface area contributed by atoms with Crippen LogP contribution in [-0.4, -0.2) is 41.3 Å². The molecule has 1 saturated heterocycles. The summed E-state index contributed by atoms with van der Waals surface area (Å²) in [6, 6.07) is 7.80. The molecule has 1 aliphatic rings. The van der Waals surface area contributed by atoms with Gasteiger partial charge in [-0.3, -0.25) is 0 Å². The number of fused-ring (bicyclic) bond motifs is 1. The van der Waals surface area contributed by atoms with E-state index in [4.69, 9.17) is 16.3 Å². The molecule has 19 heavy (non-hydrogen) atoms. The lowest BCUT2D eigenvalue weighted by molar-refractivity contribution is 0.101. The number of likely N-dealkylation sites (N-methyl/N-ethyl adjacent to an activating group) is 1. The Bertz CT molecular complexity index is 590. The number of hydrogen-bond donors (Lipinski definition) is 0. The first-order chi connectivity index (χ1) is 9.24. The summed E-state index contributed by atoms with van der Waals surface area (Å²) in [5, 5.41) is 10.3. The smallest absolute Gasteiger partial charge is 0.241 e. The van der Waals surface area contributed by atoms with E-state index in [-0.39, 0.29) is 6.10 Å². The van der Waals surface area contributed by atoms with Gasteiger partial charge in [0.15, 0.2) is 5.15 Å². The van der Waals surface area contributed by atoms with E-state index in [9.17, 15) is 0 Å². The monoisotopic (exact) mass is 277 g/mol. The van der Waals surface area contributed by atoms with E-state index in [1.807, 2.05) is 24.3 Å². The second kappa shape index (κ2) is 5.31. The number of hydrogen-bond acceptors (Lipinski definition) is 4. The molecule has 0 bridgehead atoms. The maximum absolute atomic E-state index is 6.06. The fourth-order valence-electron chi connectivity index (χ4n) is 2.51. The molecule has 0 saturated carbocycles. The normalized spacial score (nSPS) is 20.6. The van der Waals surface area contributed by atoms with Crippen LogP contribution in [0.2, 0.25) is 5.15 Å². The van der Waals surface area contributed by atoms with Crippen molar-refractivity contribution in [2.45, 2.75) is 18.9 Å². The zero-order valence-electron chi connectivity index (χ0n) is 10.8. The molecule has 0 spiro atoms. The Balaban J connectivity index is 1.90. The van der Waals surface area contributed by atoms with Gasteiger partial charge in [0.25, 0.3) is 0 Å². The SMILES string of the molecule is CN1CCC[C@@H](Oc2nnc(Cl)c3ccccc23)C1. The second-order valence-corrected chi connectivity index (χ2v) is 5.34. The first-order valence-corrected chi connectivity index (χ1v) is 6.88. The van der Waals surface area contributed by atoms with Gasteiger partial charge >= 0.3 is 0 Å². The van der Waals surface area contributed by atoms with Gasteiger partial charge in [0.05, 0.1) is 0 Å². The van der Waals surface area contributed by atoms with E-state index in [0.717, 1.165) is 36.7 Å². The second-order valence-electron chi connectivity index (χ2n) is 4.99. The van der Waals surface area contributed by atoms with Crippen LogP contribution in [-0.2, 0) is 0 Å². The topological polar surface area (TPSA) is 38.2 Å². The van der Waals surface area contributed by atoms with Crippen LogP contribution in [0.15, 0.2) is 24.3 Å². The number of ether oxygens (including phenoxy) is 1. The van der Waals surface area contributed by atoms with Gasteiger partial charge in [0, 0.05) is 17.3 Å². The predicted molar refractivity (Wildman–Crippen MR) is 75.7 cm³/mol. The highest BCUT2D eigenvalue weighted by Gasteiger charge is 2.20. The third-order valence-electron chi connectivity index (χ3n) is 3.47. The minimum absolute atomic E-state index is 0.178. The molecule has 0 unspecified atom stereocenters. The van der Waals surface area contributed by atoms with Crippen LogP contribution in [0.5, 0.6) is 5.88 Å². The fourth-order valence-corrected chi connectivity index (χ4v) is 2.71. The van der Waals surface area contributed by atoms with Crippen molar-refractivity contribution in [3.05, 3.63) is 29.4 Å². The highest BCUT2D eigenvalue weighted by molar-refractivity contribution is 6.34. The maximum Gasteiger partial charge on any atom is 0.241 e. The van der Waals surface area contributed by atoms with E-state index >= 15 is 0 Å². The number of benzene rings is 1. The Hall–Kier alpha value is -1.39. The van der Waals surface area contributed by atoms with Crippen LogP contribution in [0.4, 0.5) is 0 Å². The molecule has 0 amide bonds. The summed E-state index contributed by atoms with van der Waals surface area (Å²) in [6.07, 6.45) is 2.39. The van der Waals surface area contributed by atoms with E-state index in [2.05, 4.69) is 22.1 Å². The van der Waals surface area contributed by atoms with Crippen molar-refractivity contribution >= 4 is 22.4 Å². The van der Waals surface area contributed by atoms with Gasteiger partial charge in [-0.25, -0.2) is 0 Å². The molecule has 100 valence electrons. The lowest BCUT2D eigenvalue weighted by Crippen LogP contribution is -2.38. The predicted octanol–water partition coefficient (Wildman–Crippen LogP) is 2.76. The molecule has 2 heterocycles. The van der Waals surface area contributed by atoms with Crippen LogP contribution in [0.3, 0.4) is 0 Å². The maximum atomic E-state index is 6.06. The molecule has 5 heteroatoms. The summed E-state index contributed by atoms with van der Waals surface area (Å²) in [4.78, 5) is 2.28. The highest BCUT2D eigenvalue weighted by atomic mass is 35.5. The van der Waals surface area contributed by atoms with Gasteiger partial charge in [0.2, 0.25) is 5.88 Å². The largest absolute Gasteiger partial charge is 0.471 e. The number of rotatable bonds is 2. The summed E-state index contributed by atoms with van der Waals surface area (Å²) in [7, 11) is 2.11. The fraction of sp³-hybridized carbons (Fsp3) is 0.429. The zero-order chi connectivity index (χ0) is 13.2. The number of piperidine rings is 1. The average molecular weight is 278 g/mol. The van der Waals surface area contributed by atoms with Crippen molar-refractivity contribution in [1.29, 1.82) is 0 Å². The Morgan fingerprint density at radius 2 is 2.05 bits per heavy atom. The molecule has 0 aliphatic carbocycles. The molecule has 3 rings (SSSR count). The van der Waals surface area contributed by atoms with Crippen molar-refractivity contribution in [2.24, 2.45) is 0 Å². The highest BCUT2D eigenvalue weighted by Crippen LogP contribution is 2.28. The van der Waals surface area contributed by atoms with Gasteiger partial charge in [-0.15, -0.1) is 10.2 Å². The molecule has 1 atom stereocenters. The zero-order valence-corrected chi connectivity index (χ0v) is 11.6. The Labute approximate surface area is 117 Å². The Morgan fingerprint density at radius 3 is 2.84 bits per heavy atom. The molecular formula is C14H16ClN3O. The van der Waals surface area contributed by atoms with Gasteiger partial charge < -0.3 is 9.64 Å². The molecule has 0 N–H and O–H groups in total. The van der Waals surface area contributed by atoms with Crippen LogP contribution < -0.4 is 4.74 Å². The average Bonchev–Trinajstić information content (AvgIpc) is 2.42. The summed E-state index contributed by atoms with van der Waals surface area (Å²) >= 11 is 6.06. The lowest BCUT2D eigenvalue weighted by atomic mass is 10.1. The first-order valence-electron chi connectivity index (χ1n) is 6.50. The summed E-state index contributed by atoms with van der Waals surface area (Å²) in [5.41, 5.74) is 0. The molecule has 4 nitrogen and oxygen atoms in total. The van der Waals surface area contributed by atoms with Crippen molar-refractivity contribution in [2.75, 3.05) is 20.1 Å². The molecule has 1 aliphatic heterocycles. The van der Waals surface area contributed by atoms with E-state index in [1.54, 1.807) is 0 Å². The van der Waals surface area contributed by atoms with Gasteiger partial charge in [0.1, 0.15) is 6.10 Å². The lowest BCUT2D eigenvalue weighted by Gasteiger charge is -2.29. The molecule has 1 aromatic heterocycles. The summed E-state index contributed by atoms with van der Waals surface area (Å²) in [6.45, 7) is 2.06. The quantitative estimate of drug-likeness (QED) is 0.846. The Morgan fingerprint density at radius 1 is 1.26 bits per heavy atom. The van der Waals surface area contributed by atoms with Crippen molar-refractivity contribution in [3.8, 4) is 5.88 Å². The van der Waals surface area contributed by atoms with Gasteiger partial charge in [-0.1, -0.05) is 29.8 Å². The van der Waals surface area contributed by atoms with Crippen LogP contribution in [0.25, 0.3) is 10.8 Å². The van der Waals surface area contributed by atoms with Gasteiger partial charge in [-0.2, -0.15) is 0 Å². The van der Waals surface area contributed by atoms with Crippen molar-refractivity contribution in [1.82, 2.24) is 15.1 Å². The molecule has 0 radical (unpaired) electrons. The third-order valence-corrected chi connectivity index (χ3v) is 3.75. The minimum atomic E-state index is 0.178. The third kappa shape index (κ3) is 2.65. The minimum Gasteiger partial charge on any atom is -0.471 e. The van der Waals surface area contributed by atoms with E-state index < -0.39 is 0 Å². The molecular weight excluding hydrogens is 262 g/mol. The summed E-state index contributed by atoms with van der Waals surface area (Å²) < 4.78 is 6.02. The summed E-state index contributed by atoms with van der Waals surface area (Å²) in [5.74, 6) is 0.584. The number of aromatic nitrogens is 2. The van der Waals surface area contributed by atoms with Crippen molar-refractivity contribution < 1.29 is 4.74 Å². The van der Waals surface area contributed by atoms with E-state index in [0.29, 0.717) is 11.0 Å². The van der Waals surface area contributed by atoms with Crippen LogP contribution >= 0.6 is 11.6 Å². The molecule has 2 aromatic rings. The number of halogens is 1. The number of nitrogens with zero attached hydrogens (tertiary/aromatic N) is 3. The van der Waals surface area contributed by atoms with E-state index in [1.165, 1.54) is 0 Å². The standard InChI is InChI=1S/C14H16ClN3O/c1-18-8-4-5-10(9-18)19-14-12-7-3-2-6-11(12)13(15)16-17-14/h2-3,6-7,10H,4-5,8-9H2,1H3/t10-/m1/s1. The number of likely N-dealkylation sites (tertiary alicyclic amines) is 1. The molecule has 1 aromatic carbocycles. The molecule has 1 fully saturated rings. The first kappa shape index (κ1) is 12.6. The van der Waals surface area contributed by atoms with Crippen LogP contribution in [0.1, 0.15) is 12.8 Å². The van der Waals surface area contributed by atoms with Crippen molar-refractivity contribution in [3.63, 3.8) is 0 Å².